The molecule has 0 saturated heterocycles. The summed E-state index contributed by atoms with van der Waals surface area (Å²) < 4.78 is 14.4. The van der Waals surface area contributed by atoms with Crippen LogP contribution in [0.2, 0.25) is 0 Å². The molecule has 1 N–H and O–H groups in total. The van der Waals surface area contributed by atoms with E-state index in [1.54, 1.807) is 0 Å². The van der Waals surface area contributed by atoms with Crippen molar-refractivity contribution in [3.05, 3.63) is 96.6 Å². The van der Waals surface area contributed by atoms with Gasteiger partial charge in [0.05, 0.1) is 11.8 Å². The van der Waals surface area contributed by atoms with Gasteiger partial charge in [-0.05, 0) is 12.0 Å². The second-order valence-electron chi connectivity index (χ2n) is 6.16. The lowest BCUT2D eigenvalue weighted by atomic mass is 10.1. The van der Waals surface area contributed by atoms with Crippen molar-refractivity contribution in [3.8, 4) is 0 Å². The van der Waals surface area contributed by atoms with Gasteiger partial charge in [0, 0.05) is 10.6 Å². The van der Waals surface area contributed by atoms with Gasteiger partial charge in [0.1, 0.15) is 7.14 Å². The van der Waals surface area contributed by atoms with E-state index < -0.39 is 13.2 Å². The predicted octanol–water partition coefficient (Wildman–Crippen LogP) is 4.51. The number of aliphatic hydroxyl groups is 1. The Balaban J connectivity index is 2.15. The molecule has 3 rings (SSSR count). The van der Waals surface area contributed by atoms with Crippen molar-refractivity contribution >= 4 is 17.8 Å². The van der Waals surface area contributed by atoms with Crippen molar-refractivity contribution in [1.29, 1.82) is 0 Å². The molecular weight excluding hydrogens is 327 g/mol. The zero-order chi connectivity index (χ0) is 17.7. The lowest BCUT2D eigenvalue weighted by Gasteiger charge is -2.31. The first kappa shape index (κ1) is 17.7. The highest BCUT2D eigenvalue weighted by atomic mass is 31.2. The quantitative estimate of drug-likeness (QED) is 0.664. The third-order valence-electron chi connectivity index (χ3n) is 4.67. The van der Waals surface area contributed by atoms with Gasteiger partial charge in [-0.3, -0.25) is 0 Å². The maximum absolute atomic E-state index is 14.4. The zero-order valence-electron chi connectivity index (χ0n) is 14.3. The Labute approximate surface area is 149 Å². The molecule has 0 bridgehead atoms. The number of hydrogen-bond acceptors (Lipinski definition) is 2. The fraction of sp³-hybridized carbons (Fsp3) is 0.182. The third-order valence-corrected chi connectivity index (χ3v) is 8.38. The first-order chi connectivity index (χ1) is 12.2. The van der Waals surface area contributed by atoms with Crippen LogP contribution in [0.25, 0.3) is 0 Å². The lowest BCUT2D eigenvalue weighted by molar-refractivity contribution is 0.169. The fourth-order valence-electron chi connectivity index (χ4n) is 3.38. The summed E-state index contributed by atoms with van der Waals surface area (Å²) in [6, 6.07) is 28.7. The molecule has 0 spiro atoms. The molecule has 25 heavy (non-hydrogen) atoms. The Morgan fingerprint density at radius 2 is 1.16 bits per heavy atom. The molecule has 2 atom stereocenters. The second kappa shape index (κ2) is 7.82. The summed E-state index contributed by atoms with van der Waals surface area (Å²) in [7, 11) is -3.01. The van der Waals surface area contributed by atoms with Gasteiger partial charge < -0.3 is 9.67 Å². The molecule has 128 valence electrons. The average Bonchev–Trinajstić information content (AvgIpc) is 2.70. The fourth-order valence-corrected chi connectivity index (χ4v) is 6.76. The minimum Gasteiger partial charge on any atom is -0.388 e. The molecule has 0 fully saturated rings. The molecule has 0 amide bonds. The number of benzene rings is 3. The molecular formula is C22H23O2P. The van der Waals surface area contributed by atoms with Gasteiger partial charge in [-0.15, -0.1) is 0 Å². The van der Waals surface area contributed by atoms with Crippen LogP contribution < -0.4 is 10.6 Å². The van der Waals surface area contributed by atoms with Gasteiger partial charge in [-0.25, -0.2) is 0 Å². The van der Waals surface area contributed by atoms with Gasteiger partial charge in [-0.2, -0.15) is 0 Å². The van der Waals surface area contributed by atoms with Crippen molar-refractivity contribution in [2.45, 2.75) is 25.1 Å². The van der Waals surface area contributed by atoms with Gasteiger partial charge in [-0.1, -0.05) is 97.9 Å². The van der Waals surface area contributed by atoms with Crippen LogP contribution in [0.3, 0.4) is 0 Å². The summed E-state index contributed by atoms with van der Waals surface area (Å²) in [5, 5.41) is 12.7. The average molecular weight is 350 g/mol. The number of hydrogen-bond donors (Lipinski definition) is 1. The van der Waals surface area contributed by atoms with E-state index in [0.29, 0.717) is 6.42 Å². The van der Waals surface area contributed by atoms with E-state index in [9.17, 15) is 9.67 Å². The molecule has 0 saturated carbocycles. The van der Waals surface area contributed by atoms with Crippen LogP contribution in [0.1, 0.15) is 25.0 Å². The molecule has 3 heteroatoms. The number of aliphatic hydroxyl groups excluding tert-OH is 1. The minimum atomic E-state index is -3.01. The van der Waals surface area contributed by atoms with Crippen LogP contribution in [0.5, 0.6) is 0 Å². The van der Waals surface area contributed by atoms with Gasteiger partial charge >= 0.3 is 0 Å². The first-order valence-electron chi connectivity index (χ1n) is 8.62. The summed E-state index contributed by atoms with van der Waals surface area (Å²) in [5.74, 6) is 0. The number of rotatable bonds is 6. The largest absolute Gasteiger partial charge is 0.388 e. The smallest absolute Gasteiger partial charge is 0.149 e. The summed E-state index contributed by atoms with van der Waals surface area (Å²) in [4.78, 5) is 0. The summed E-state index contributed by atoms with van der Waals surface area (Å²) >= 11 is 0. The highest BCUT2D eigenvalue weighted by Gasteiger charge is 2.40. The molecule has 0 aliphatic heterocycles. The Morgan fingerprint density at radius 1 is 0.760 bits per heavy atom. The van der Waals surface area contributed by atoms with Crippen molar-refractivity contribution in [3.63, 3.8) is 0 Å². The summed E-state index contributed by atoms with van der Waals surface area (Å²) in [6.07, 6.45) is -0.158. The SMILES string of the molecule is CC[C@@H]([C@@H](O)c1ccccc1)P(=O)(c1ccccc1)c1ccccc1. The Morgan fingerprint density at radius 3 is 1.56 bits per heavy atom. The maximum Gasteiger partial charge on any atom is 0.149 e. The van der Waals surface area contributed by atoms with Crippen LogP contribution in [0.15, 0.2) is 91.0 Å². The second-order valence-corrected chi connectivity index (χ2v) is 9.17. The van der Waals surface area contributed by atoms with E-state index in [1.165, 1.54) is 0 Å². The normalized spacial score (nSPS) is 14.0. The molecule has 0 heterocycles. The molecule has 3 aromatic rings. The van der Waals surface area contributed by atoms with E-state index in [1.807, 2.05) is 97.9 Å². The van der Waals surface area contributed by atoms with Crippen LogP contribution in [-0.2, 0) is 4.57 Å². The van der Waals surface area contributed by atoms with E-state index >= 15 is 0 Å². The Hall–Kier alpha value is -2.15. The molecule has 0 radical (unpaired) electrons. The van der Waals surface area contributed by atoms with E-state index in [2.05, 4.69) is 0 Å². The standard InChI is InChI=1S/C22H23O2P/c1-2-21(22(23)18-12-6-3-7-13-18)25(24,19-14-8-4-9-15-19)20-16-10-5-11-17-20/h3-17,21-23H,2H2,1H3/t21-,22-/m0/s1. The van der Waals surface area contributed by atoms with Crippen molar-refractivity contribution < 1.29 is 9.67 Å². The van der Waals surface area contributed by atoms with Crippen molar-refractivity contribution in [2.75, 3.05) is 0 Å². The molecule has 3 aromatic carbocycles. The molecule has 0 unspecified atom stereocenters. The highest BCUT2D eigenvalue weighted by molar-refractivity contribution is 7.79. The van der Waals surface area contributed by atoms with Crippen LogP contribution in [-0.4, -0.2) is 10.8 Å². The van der Waals surface area contributed by atoms with Crippen molar-refractivity contribution in [2.24, 2.45) is 0 Å². The van der Waals surface area contributed by atoms with Crippen LogP contribution in [0.4, 0.5) is 0 Å². The molecule has 0 aliphatic carbocycles. The van der Waals surface area contributed by atoms with E-state index in [-0.39, 0.29) is 5.66 Å². The highest BCUT2D eigenvalue weighted by Crippen LogP contribution is 2.54. The van der Waals surface area contributed by atoms with E-state index in [0.717, 1.165) is 16.2 Å². The van der Waals surface area contributed by atoms with Crippen LogP contribution in [0, 0.1) is 0 Å². The molecule has 0 aromatic heterocycles. The van der Waals surface area contributed by atoms with Gasteiger partial charge in [0.25, 0.3) is 0 Å². The van der Waals surface area contributed by atoms with Crippen molar-refractivity contribution in [1.82, 2.24) is 0 Å². The third kappa shape index (κ3) is 3.46. The van der Waals surface area contributed by atoms with Gasteiger partial charge in [0.2, 0.25) is 0 Å². The summed E-state index contributed by atoms with van der Waals surface area (Å²) in [6.45, 7) is 2.00. The Bertz CT molecular complexity index is 788. The topological polar surface area (TPSA) is 37.3 Å². The zero-order valence-corrected chi connectivity index (χ0v) is 15.2. The first-order valence-corrected chi connectivity index (χ1v) is 10.4. The minimum absolute atomic E-state index is 0.375. The van der Waals surface area contributed by atoms with E-state index in [4.69, 9.17) is 0 Å². The lowest BCUT2D eigenvalue weighted by Crippen LogP contribution is -2.30. The monoisotopic (exact) mass is 350 g/mol. The maximum atomic E-state index is 14.4. The predicted molar refractivity (Wildman–Crippen MR) is 105 cm³/mol. The molecule has 0 aliphatic rings. The van der Waals surface area contributed by atoms with Crippen LogP contribution >= 0.6 is 7.14 Å². The summed E-state index contributed by atoms with van der Waals surface area (Å²) in [5.41, 5.74) is 0.432. The molecule has 2 nitrogen and oxygen atoms in total. The Kier molecular flexibility index (Phi) is 5.53. The van der Waals surface area contributed by atoms with Gasteiger partial charge in [0.15, 0.2) is 0 Å².